The van der Waals surface area contributed by atoms with Crippen LogP contribution in [0.5, 0.6) is 0 Å². The Kier molecular flexibility index (Phi) is 4.17. The van der Waals surface area contributed by atoms with Crippen LogP contribution in [0.1, 0.15) is 18.4 Å². The molecule has 1 aliphatic heterocycles. The predicted octanol–water partition coefficient (Wildman–Crippen LogP) is 1.95. The predicted molar refractivity (Wildman–Crippen MR) is 79.7 cm³/mol. The van der Waals surface area contributed by atoms with Crippen LogP contribution in [0.2, 0.25) is 0 Å². The molecule has 0 bridgehead atoms. The summed E-state index contributed by atoms with van der Waals surface area (Å²) in [5.41, 5.74) is -0.381. The molecular weight excluding hydrogens is 304 g/mol. The molecule has 2 N–H and O–H groups in total. The van der Waals surface area contributed by atoms with Gasteiger partial charge in [0.25, 0.3) is 5.69 Å². The van der Waals surface area contributed by atoms with E-state index in [1.165, 1.54) is 49.3 Å². The summed E-state index contributed by atoms with van der Waals surface area (Å²) in [4.78, 5) is 35.2. The number of hydrogen-bond acceptors (Lipinski definition) is 5. The first-order valence-electron chi connectivity index (χ1n) is 6.61. The van der Waals surface area contributed by atoms with E-state index in [4.69, 9.17) is 0 Å². The molecule has 120 valence electrons. The van der Waals surface area contributed by atoms with Crippen LogP contribution in [-0.2, 0) is 9.59 Å². The lowest BCUT2D eigenvalue weighted by Crippen LogP contribution is -2.29. The van der Waals surface area contributed by atoms with Gasteiger partial charge in [0.2, 0.25) is 0 Å². The van der Waals surface area contributed by atoms with Crippen molar-refractivity contribution < 1.29 is 24.7 Å². The SMILES string of the molecule is CC1=C(C(=O)O)C(c2ccccc2[N+](=O)[O-])C(C(=O)O)=CN1C. The number of nitro benzene ring substituents is 1. The van der Waals surface area contributed by atoms with Crippen molar-refractivity contribution in [2.45, 2.75) is 12.8 Å². The van der Waals surface area contributed by atoms with Crippen molar-refractivity contribution in [3.05, 3.63) is 63.0 Å². The highest BCUT2D eigenvalue weighted by atomic mass is 16.6. The Labute approximate surface area is 131 Å². The van der Waals surface area contributed by atoms with Crippen LogP contribution >= 0.6 is 0 Å². The molecule has 23 heavy (non-hydrogen) atoms. The third-order valence-electron chi connectivity index (χ3n) is 3.77. The topological polar surface area (TPSA) is 121 Å². The molecule has 0 aliphatic carbocycles. The molecule has 0 fully saturated rings. The smallest absolute Gasteiger partial charge is 0.334 e. The Morgan fingerprint density at radius 3 is 2.35 bits per heavy atom. The summed E-state index contributed by atoms with van der Waals surface area (Å²) in [6, 6.07) is 5.55. The molecular formula is C15H14N2O6. The van der Waals surface area contributed by atoms with E-state index in [1.807, 2.05) is 0 Å². The van der Waals surface area contributed by atoms with Gasteiger partial charge in [-0.15, -0.1) is 0 Å². The average molecular weight is 318 g/mol. The largest absolute Gasteiger partial charge is 0.478 e. The van der Waals surface area contributed by atoms with E-state index in [-0.39, 0.29) is 22.4 Å². The highest BCUT2D eigenvalue weighted by molar-refractivity contribution is 5.98. The molecule has 1 heterocycles. The second kappa shape index (κ2) is 5.91. The van der Waals surface area contributed by atoms with Gasteiger partial charge in [-0.1, -0.05) is 18.2 Å². The average Bonchev–Trinajstić information content (AvgIpc) is 2.48. The van der Waals surface area contributed by atoms with Crippen molar-refractivity contribution in [3.63, 3.8) is 0 Å². The maximum atomic E-state index is 11.7. The maximum Gasteiger partial charge on any atom is 0.334 e. The first-order valence-corrected chi connectivity index (χ1v) is 6.61. The quantitative estimate of drug-likeness (QED) is 0.642. The summed E-state index contributed by atoms with van der Waals surface area (Å²) < 4.78 is 0. The van der Waals surface area contributed by atoms with Gasteiger partial charge >= 0.3 is 11.9 Å². The third-order valence-corrected chi connectivity index (χ3v) is 3.77. The Balaban J connectivity index is 2.78. The van der Waals surface area contributed by atoms with Crippen molar-refractivity contribution in [3.8, 4) is 0 Å². The van der Waals surface area contributed by atoms with Crippen LogP contribution in [0, 0.1) is 10.1 Å². The number of carbonyl (C=O) groups is 2. The molecule has 8 nitrogen and oxygen atoms in total. The number of allylic oxidation sites excluding steroid dienone is 1. The lowest BCUT2D eigenvalue weighted by atomic mass is 9.81. The Hall–Kier alpha value is -3.16. The monoisotopic (exact) mass is 318 g/mol. The number of hydrogen-bond donors (Lipinski definition) is 2. The normalized spacial score (nSPS) is 17.7. The number of carboxylic acid groups (broad SMARTS) is 2. The van der Waals surface area contributed by atoms with E-state index in [2.05, 4.69) is 0 Å². The van der Waals surface area contributed by atoms with Crippen LogP contribution in [0.4, 0.5) is 5.69 Å². The Bertz CT molecular complexity index is 765. The van der Waals surface area contributed by atoms with Crippen molar-refractivity contribution in [2.75, 3.05) is 7.05 Å². The minimum absolute atomic E-state index is 0.0380. The molecule has 0 saturated heterocycles. The minimum atomic E-state index is -1.33. The van der Waals surface area contributed by atoms with Crippen molar-refractivity contribution in [1.29, 1.82) is 0 Å². The summed E-state index contributed by atoms with van der Waals surface area (Å²) in [5.74, 6) is -3.86. The summed E-state index contributed by atoms with van der Waals surface area (Å²) >= 11 is 0. The second-order valence-electron chi connectivity index (χ2n) is 5.05. The fraction of sp³-hybridized carbons (Fsp3) is 0.200. The van der Waals surface area contributed by atoms with E-state index < -0.39 is 22.8 Å². The van der Waals surface area contributed by atoms with Gasteiger partial charge in [-0.25, -0.2) is 9.59 Å². The maximum absolute atomic E-state index is 11.7. The zero-order chi connectivity index (χ0) is 17.3. The lowest BCUT2D eigenvalue weighted by Gasteiger charge is -2.30. The molecule has 1 atom stereocenters. The summed E-state index contributed by atoms with van der Waals surface area (Å²) in [6.45, 7) is 1.53. The molecule has 1 unspecified atom stereocenters. The van der Waals surface area contributed by atoms with Crippen LogP contribution in [0.3, 0.4) is 0 Å². The van der Waals surface area contributed by atoms with Crippen molar-refractivity contribution in [2.24, 2.45) is 0 Å². The van der Waals surface area contributed by atoms with Gasteiger partial charge < -0.3 is 15.1 Å². The fourth-order valence-corrected chi connectivity index (χ4v) is 2.61. The summed E-state index contributed by atoms with van der Waals surface area (Å²) in [6.07, 6.45) is 1.28. The molecule has 0 aromatic heterocycles. The molecule has 1 aliphatic rings. The number of carboxylic acids is 2. The Morgan fingerprint density at radius 1 is 1.22 bits per heavy atom. The number of para-hydroxylation sites is 1. The molecule has 1 aromatic carbocycles. The zero-order valence-electron chi connectivity index (χ0n) is 12.4. The molecule has 8 heteroatoms. The van der Waals surface area contributed by atoms with Gasteiger partial charge in [-0.05, 0) is 6.92 Å². The van der Waals surface area contributed by atoms with Gasteiger partial charge in [-0.3, -0.25) is 10.1 Å². The van der Waals surface area contributed by atoms with E-state index in [1.54, 1.807) is 0 Å². The Morgan fingerprint density at radius 2 is 1.83 bits per heavy atom. The zero-order valence-corrected chi connectivity index (χ0v) is 12.4. The van der Waals surface area contributed by atoms with Crippen LogP contribution in [-0.4, -0.2) is 39.0 Å². The van der Waals surface area contributed by atoms with Crippen molar-refractivity contribution in [1.82, 2.24) is 4.90 Å². The van der Waals surface area contributed by atoms with Crippen LogP contribution in [0.15, 0.2) is 47.3 Å². The van der Waals surface area contributed by atoms with Crippen molar-refractivity contribution >= 4 is 17.6 Å². The minimum Gasteiger partial charge on any atom is -0.478 e. The van der Waals surface area contributed by atoms with E-state index in [9.17, 15) is 29.9 Å². The highest BCUT2D eigenvalue weighted by Gasteiger charge is 2.38. The first kappa shape index (κ1) is 16.2. The van der Waals surface area contributed by atoms with E-state index >= 15 is 0 Å². The van der Waals surface area contributed by atoms with E-state index in [0.717, 1.165) is 0 Å². The second-order valence-corrected chi connectivity index (χ2v) is 5.05. The number of nitrogens with zero attached hydrogens (tertiary/aromatic N) is 2. The standard InChI is InChI=1S/C15H14N2O6/c1-8-12(15(20)21)13(10(14(18)19)7-16(8)2)9-5-3-4-6-11(9)17(22)23/h3-7,13H,1-2H3,(H,18,19)(H,20,21). The highest BCUT2D eigenvalue weighted by Crippen LogP contribution is 2.41. The lowest BCUT2D eigenvalue weighted by molar-refractivity contribution is -0.385. The summed E-state index contributed by atoms with van der Waals surface area (Å²) in [5, 5.41) is 30.2. The van der Waals surface area contributed by atoms with Gasteiger partial charge in [0, 0.05) is 30.6 Å². The van der Waals surface area contributed by atoms with Gasteiger partial charge in [0.05, 0.1) is 22.0 Å². The van der Waals surface area contributed by atoms with Crippen LogP contribution < -0.4 is 0 Å². The molecule has 1 aromatic rings. The fourth-order valence-electron chi connectivity index (χ4n) is 2.61. The molecule has 0 radical (unpaired) electrons. The number of rotatable bonds is 4. The molecule has 0 spiro atoms. The third kappa shape index (κ3) is 2.78. The van der Waals surface area contributed by atoms with Gasteiger partial charge in [0.15, 0.2) is 0 Å². The first-order chi connectivity index (χ1) is 10.8. The van der Waals surface area contributed by atoms with Crippen LogP contribution in [0.25, 0.3) is 0 Å². The number of benzene rings is 1. The molecule has 2 rings (SSSR count). The van der Waals surface area contributed by atoms with Gasteiger partial charge in [0.1, 0.15) is 0 Å². The number of aliphatic carboxylic acids is 2. The van der Waals surface area contributed by atoms with E-state index in [0.29, 0.717) is 5.70 Å². The van der Waals surface area contributed by atoms with Gasteiger partial charge in [-0.2, -0.15) is 0 Å². The summed E-state index contributed by atoms with van der Waals surface area (Å²) in [7, 11) is 1.52. The number of nitro groups is 1. The molecule has 0 amide bonds. The molecule has 0 saturated carbocycles.